The predicted octanol–water partition coefficient (Wildman–Crippen LogP) is 4.62. The molecule has 2 aromatic carbocycles. The number of aromatic nitrogens is 1. The molecule has 0 saturated carbocycles. The highest BCUT2D eigenvalue weighted by atomic mass is 35.5. The predicted molar refractivity (Wildman–Crippen MR) is 104 cm³/mol. The van der Waals surface area contributed by atoms with Crippen molar-refractivity contribution in [1.29, 1.82) is 0 Å². The van der Waals surface area contributed by atoms with E-state index in [1.807, 2.05) is 12.1 Å². The third-order valence-corrected chi connectivity index (χ3v) is 4.50. The number of fused-ring (bicyclic) bond motifs is 1. The second-order valence-corrected chi connectivity index (χ2v) is 7.33. The maximum atomic E-state index is 12.5. The molecule has 0 N–H and O–H groups in total. The highest BCUT2D eigenvalue weighted by Crippen LogP contribution is 2.36. The molecule has 1 aromatic heterocycles. The molecular weight excluding hydrogens is 398 g/mol. The molecule has 0 bridgehead atoms. The second-order valence-electron chi connectivity index (χ2n) is 6.89. The van der Waals surface area contributed by atoms with Crippen molar-refractivity contribution < 1.29 is 28.3 Å². The molecular formula is C21H18ClNO6. The highest BCUT2D eigenvalue weighted by molar-refractivity contribution is 6.30. The summed E-state index contributed by atoms with van der Waals surface area (Å²) in [5.41, 5.74) is 0.0802. The van der Waals surface area contributed by atoms with Crippen molar-refractivity contribution in [3.63, 3.8) is 0 Å². The molecule has 0 aliphatic carbocycles. The van der Waals surface area contributed by atoms with Gasteiger partial charge in [0, 0.05) is 16.7 Å². The van der Waals surface area contributed by atoms with E-state index in [1.165, 1.54) is 0 Å². The van der Waals surface area contributed by atoms with Crippen molar-refractivity contribution in [2.75, 3.05) is 6.79 Å². The Hall–Kier alpha value is -3.19. The summed E-state index contributed by atoms with van der Waals surface area (Å²) < 4.78 is 27.1. The summed E-state index contributed by atoms with van der Waals surface area (Å²) >= 11 is 5.86. The largest absolute Gasteiger partial charge is 0.476 e. The van der Waals surface area contributed by atoms with E-state index in [-0.39, 0.29) is 13.4 Å². The molecule has 8 heteroatoms. The Morgan fingerprint density at radius 1 is 1.10 bits per heavy atom. The monoisotopic (exact) mass is 415 g/mol. The minimum absolute atomic E-state index is 0.0414. The molecule has 0 amide bonds. The van der Waals surface area contributed by atoms with Gasteiger partial charge < -0.3 is 23.5 Å². The van der Waals surface area contributed by atoms with Gasteiger partial charge in [0.1, 0.15) is 18.1 Å². The van der Waals surface area contributed by atoms with E-state index >= 15 is 0 Å². The van der Waals surface area contributed by atoms with Gasteiger partial charge >= 0.3 is 5.97 Å². The van der Waals surface area contributed by atoms with Crippen molar-refractivity contribution in [3.05, 3.63) is 59.2 Å². The van der Waals surface area contributed by atoms with Gasteiger partial charge in [-0.1, -0.05) is 16.8 Å². The van der Waals surface area contributed by atoms with Crippen LogP contribution in [0.3, 0.4) is 0 Å². The van der Waals surface area contributed by atoms with E-state index in [9.17, 15) is 4.79 Å². The zero-order chi connectivity index (χ0) is 20.4. The fourth-order valence-corrected chi connectivity index (χ4v) is 2.84. The SMILES string of the molecule is CC(C)(Oc1ccc(Cl)cc1)C(=O)OCc1cc(-c2ccc3c(c2)OCO3)on1. The van der Waals surface area contributed by atoms with Crippen LogP contribution in [-0.4, -0.2) is 23.5 Å². The summed E-state index contributed by atoms with van der Waals surface area (Å²) in [6.45, 7) is 3.42. The number of carbonyl (C=O) groups excluding carboxylic acids is 1. The number of benzene rings is 2. The van der Waals surface area contributed by atoms with Crippen LogP contribution in [0.5, 0.6) is 17.2 Å². The summed E-state index contributed by atoms with van der Waals surface area (Å²) in [6.07, 6.45) is 0. The number of esters is 1. The smallest absolute Gasteiger partial charge is 0.350 e. The molecule has 0 fully saturated rings. The third kappa shape index (κ3) is 4.30. The normalized spacial score (nSPS) is 12.7. The maximum absolute atomic E-state index is 12.5. The fourth-order valence-electron chi connectivity index (χ4n) is 2.72. The Bertz CT molecular complexity index is 1030. The number of nitrogens with zero attached hydrogens (tertiary/aromatic N) is 1. The topological polar surface area (TPSA) is 80.0 Å². The van der Waals surface area contributed by atoms with Crippen molar-refractivity contribution in [3.8, 4) is 28.6 Å². The van der Waals surface area contributed by atoms with E-state index in [1.54, 1.807) is 50.2 Å². The minimum atomic E-state index is -1.18. The zero-order valence-corrected chi connectivity index (χ0v) is 16.6. The molecule has 1 aliphatic rings. The van der Waals surface area contributed by atoms with Crippen LogP contribution < -0.4 is 14.2 Å². The summed E-state index contributed by atoms with van der Waals surface area (Å²) in [4.78, 5) is 12.5. The van der Waals surface area contributed by atoms with E-state index in [0.29, 0.717) is 33.7 Å². The van der Waals surface area contributed by atoms with Gasteiger partial charge in [0.25, 0.3) is 0 Å². The van der Waals surface area contributed by atoms with Crippen LogP contribution in [0.4, 0.5) is 0 Å². The van der Waals surface area contributed by atoms with E-state index in [4.69, 9.17) is 35.1 Å². The first-order valence-electron chi connectivity index (χ1n) is 8.88. The minimum Gasteiger partial charge on any atom is -0.476 e. The van der Waals surface area contributed by atoms with Crippen LogP contribution in [0.15, 0.2) is 53.1 Å². The average molecular weight is 416 g/mol. The van der Waals surface area contributed by atoms with Crippen LogP contribution >= 0.6 is 11.6 Å². The lowest BCUT2D eigenvalue weighted by Gasteiger charge is -2.24. The van der Waals surface area contributed by atoms with Gasteiger partial charge in [-0.2, -0.15) is 0 Å². The van der Waals surface area contributed by atoms with Crippen molar-refractivity contribution in [2.24, 2.45) is 0 Å². The van der Waals surface area contributed by atoms with Crippen LogP contribution in [0.25, 0.3) is 11.3 Å². The molecule has 2 heterocycles. The lowest BCUT2D eigenvalue weighted by atomic mass is 10.1. The average Bonchev–Trinajstić information content (AvgIpc) is 3.36. The van der Waals surface area contributed by atoms with Gasteiger partial charge in [0.05, 0.1) is 0 Å². The van der Waals surface area contributed by atoms with Gasteiger partial charge in [-0.05, 0) is 56.3 Å². The van der Waals surface area contributed by atoms with E-state index < -0.39 is 11.6 Å². The van der Waals surface area contributed by atoms with Gasteiger partial charge in [0.15, 0.2) is 22.9 Å². The van der Waals surface area contributed by atoms with Gasteiger partial charge in [-0.3, -0.25) is 0 Å². The first kappa shape index (κ1) is 19.1. The highest BCUT2D eigenvalue weighted by Gasteiger charge is 2.32. The quantitative estimate of drug-likeness (QED) is 0.543. The van der Waals surface area contributed by atoms with Crippen LogP contribution in [-0.2, 0) is 16.1 Å². The first-order valence-corrected chi connectivity index (χ1v) is 9.26. The summed E-state index contributed by atoms with van der Waals surface area (Å²) in [5, 5.41) is 4.54. The molecule has 0 radical (unpaired) electrons. The Labute approximate surface area is 172 Å². The molecule has 29 heavy (non-hydrogen) atoms. The Morgan fingerprint density at radius 2 is 1.86 bits per heavy atom. The first-order chi connectivity index (χ1) is 13.9. The molecule has 1 aliphatic heterocycles. The van der Waals surface area contributed by atoms with E-state index in [2.05, 4.69) is 5.16 Å². The molecule has 4 rings (SSSR count). The number of carbonyl (C=O) groups is 1. The molecule has 0 atom stereocenters. The van der Waals surface area contributed by atoms with Gasteiger partial charge in [-0.25, -0.2) is 4.79 Å². The molecule has 150 valence electrons. The zero-order valence-electron chi connectivity index (χ0n) is 15.8. The Morgan fingerprint density at radius 3 is 2.66 bits per heavy atom. The number of hydrogen-bond acceptors (Lipinski definition) is 7. The second kappa shape index (κ2) is 7.67. The van der Waals surface area contributed by atoms with Crippen LogP contribution in [0.1, 0.15) is 19.5 Å². The molecule has 0 spiro atoms. The molecule has 7 nitrogen and oxygen atoms in total. The number of ether oxygens (including phenoxy) is 4. The van der Waals surface area contributed by atoms with Crippen LogP contribution in [0, 0.1) is 0 Å². The van der Waals surface area contributed by atoms with Gasteiger partial charge in [0.2, 0.25) is 6.79 Å². The summed E-state index contributed by atoms with van der Waals surface area (Å²) in [7, 11) is 0. The van der Waals surface area contributed by atoms with Crippen molar-refractivity contribution in [1.82, 2.24) is 5.16 Å². The lowest BCUT2D eigenvalue weighted by Crippen LogP contribution is -2.39. The Balaban J connectivity index is 1.37. The third-order valence-electron chi connectivity index (χ3n) is 4.25. The molecule has 0 unspecified atom stereocenters. The number of rotatable bonds is 6. The lowest BCUT2D eigenvalue weighted by molar-refractivity contribution is -0.160. The standard InChI is InChI=1S/C21H18ClNO6/c1-21(2,28-16-6-4-14(22)5-7-16)20(24)25-11-15-10-18(29-23-15)13-3-8-17-19(9-13)27-12-26-17/h3-10H,11-12H2,1-2H3. The number of hydrogen-bond donors (Lipinski definition) is 0. The molecule has 0 saturated heterocycles. The molecule has 3 aromatic rings. The van der Waals surface area contributed by atoms with Crippen molar-refractivity contribution in [2.45, 2.75) is 26.1 Å². The van der Waals surface area contributed by atoms with Crippen molar-refractivity contribution >= 4 is 17.6 Å². The maximum Gasteiger partial charge on any atom is 0.350 e. The number of halogens is 1. The van der Waals surface area contributed by atoms with Gasteiger partial charge in [-0.15, -0.1) is 0 Å². The summed E-state index contributed by atoms with van der Waals surface area (Å²) in [5.74, 6) is 1.85. The Kier molecular flexibility index (Phi) is 5.07. The van der Waals surface area contributed by atoms with Crippen LogP contribution in [0.2, 0.25) is 5.02 Å². The summed E-state index contributed by atoms with van der Waals surface area (Å²) in [6, 6.07) is 13.9. The van der Waals surface area contributed by atoms with E-state index in [0.717, 1.165) is 5.56 Å². The fraction of sp³-hybridized carbons (Fsp3) is 0.238.